The summed E-state index contributed by atoms with van der Waals surface area (Å²) in [6.45, 7) is 3.08. The van der Waals surface area contributed by atoms with Gasteiger partial charge in [0.05, 0.1) is 0 Å². The molecule has 1 unspecified atom stereocenters. The smallest absolute Gasteiger partial charge is 0.0238 e. The highest BCUT2D eigenvalue weighted by Crippen LogP contribution is 2.41. The van der Waals surface area contributed by atoms with Gasteiger partial charge in [-0.15, -0.1) is 12.3 Å². The fourth-order valence-corrected chi connectivity index (χ4v) is 2.02. The normalized spacial score (nSPS) is 16.8. The maximum absolute atomic E-state index is 5.30. The van der Waals surface area contributed by atoms with Crippen LogP contribution in [0.5, 0.6) is 0 Å². The van der Waals surface area contributed by atoms with Crippen molar-refractivity contribution in [2.45, 2.75) is 44.7 Å². The Morgan fingerprint density at radius 3 is 2.88 bits per heavy atom. The third kappa shape index (κ3) is 2.87. The molecule has 0 saturated heterocycles. The average Bonchev–Trinajstić information content (AvgIpc) is 3.11. The number of hydrogen-bond acceptors (Lipinski definition) is 1. The SMILES string of the molecule is C#CCC(C)NCc1ccccc1C1CC1. The molecular formula is C15H19N. The first-order valence-corrected chi connectivity index (χ1v) is 6.06. The van der Waals surface area contributed by atoms with E-state index in [1.807, 2.05) is 0 Å². The zero-order valence-electron chi connectivity index (χ0n) is 9.87. The summed E-state index contributed by atoms with van der Waals surface area (Å²) in [5, 5.41) is 3.48. The van der Waals surface area contributed by atoms with Gasteiger partial charge in [0, 0.05) is 19.0 Å². The molecule has 1 aliphatic rings. The lowest BCUT2D eigenvalue weighted by molar-refractivity contribution is 0.557. The average molecular weight is 213 g/mol. The van der Waals surface area contributed by atoms with Gasteiger partial charge < -0.3 is 5.32 Å². The molecule has 1 heteroatoms. The molecule has 0 amide bonds. The molecule has 0 heterocycles. The number of terminal acetylenes is 1. The van der Waals surface area contributed by atoms with E-state index in [1.165, 1.54) is 24.0 Å². The molecule has 1 fully saturated rings. The molecule has 1 nitrogen and oxygen atoms in total. The van der Waals surface area contributed by atoms with Crippen molar-refractivity contribution < 1.29 is 0 Å². The van der Waals surface area contributed by atoms with Crippen LogP contribution in [0.4, 0.5) is 0 Å². The second kappa shape index (κ2) is 5.18. The molecule has 1 aliphatic carbocycles. The van der Waals surface area contributed by atoms with E-state index in [2.05, 4.69) is 42.4 Å². The van der Waals surface area contributed by atoms with E-state index in [0.29, 0.717) is 6.04 Å². The van der Waals surface area contributed by atoms with Gasteiger partial charge in [0.1, 0.15) is 0 Å². The van der Waals surface area contributed by atoms with Crippen molar-refractivity contribution in [3.63, 3.8) is 0 Å². The zero-order valence-corrected chi connectivity index (χ0v) is 9.87. The van der Waals surface area contributed by atoms with E-state index in [0.717, 1.165) is 18.9 Å². The minimum atomic E-state index is 0.400. The molecule has 1 aromatic rings. The summed E-state index contributed by atoms with van der Waals surface area (Å²) in [5.41, 5.74) is 2.97. The largest absolute Gasteiger partial charge is 0.309 e. The van der Waals surface area contributed by atoms with E-state index in [-0.39, 0.29) is 0 Å². The Bertz CT molecular complexity index is 385. The van der Waals surface area contributed by atoms with Crippen LogP contribution >= 0.6 is 0 Å². The van der Waals surface area contributed by atoms with Crippen molar-refractivity contribution in [2.75, 3.05) is 0 Å². The van der Waals surface area contributed by atoms with Gasteiger partial charge >= 0.3 is 0 Å². The minimum absolute atomic E-state index is 0.400. The van der Waals surface area contributed by atoms with Gasteiger partial charge in [-0.05, 0) is 36.8 Å². The van der Waals surface area contributed by atoms with Gasteiger partial charge in [-0.25, -0.2) is 0 Å². The highest BCUT2D eigenvalue weighted by atomic mass is 14.9. The molecule has 1 aromatic carbocycles. The van der Waals surface area contributed by atoms with Crippen LogP contribution in [-0.4, -0.2) is 6.04 Å². The van der Waals surface area contributed by atoms with Crippen LogP contribution in [0.2, 0.25) is 0 Å². The van der Waals surface area contributed by atoms with Gasteiger partial charge in [-0.1, -0.05) is 24.3 Å². The standard InChI is InChI=1S/C15H19N/c1-3-6-12(2)16-11-14-7-4-5-8-15(14)13-9-10-13/h1,4-5,7-8,12-13,16H,6,9-11H2,2H3. The van der Waals surface area contributed by atoms with Crippen LogP contribution in [0.3, 0.4) is 0 Å². The fourth-order valence-electron chi connectivity index (χ4n) is 2.02. The Morgan fingerprint density at radius 1 is 1.44 bits per heavy atom. The van der Waals surface area contributed by atoms with Crippen LogP contribution in [0, 0.1) is 12.3 Å². The predicted octanol–water partition coefficient (Wildman–Crippen LogP) is 3.07. The summed E-state index contributed by atoms with van der Waals surface area (Å²) in [5.74, 6) is 3.51. The highest BCUT2D eigenvalue weighted by molar-refractivity contribution is 5.33. The first kappa shape index (κ1) is 11.2. The lowest BCUT2D eigenvalue weighted by atomic mass is 10.0. The van der Waals surface area contributed by atoms with Crippen molar-refractivity contribution in [1.29, 1.82) is 0 Å². The molecule has 0 radical (unpaired) electrons. The molecule has 1 saturated carbocycles. The molecule has 0 aliphatic heterocycles. The topological polar surface area (TPSA) is 12.0 Å². The Morgan fingerprint density at radius 2 is 2.19 bits per heavy atom. The van der Waals surface area contributed by atoms with Crippen molar-refractivity contribution in [2.24, 2.45) is 0 Å². The number of hydrogen-bond donors (Lipinski definition) is 1. The summed E-state index contributed by atoms with van der Waals surface area (Å²) < 4.78 is 0. The molecule has 0 spiro atoms. The monoisotopic (exact) mass is 213 g/mol. The summed E-state index contributed by atoms with van der Waals surface area (Å²) in [6.07, 6.45) is 8.81. The van der Waals surface area contributed by atoms with E-state index < -0.39 is 0 Å². The molecule has 0 bridgehead atoms. The third-order valence-corrected chi connectivity index (χ3v) is 3.14. The van der Waals surface area contributed by atoms with Crippen LogP contribution in [0.25, 0.3) is 0 Å². The fraction of sp³-hybridized carbons (Fsp3) is 0.467. The molecule has 1 atom stereocenters. The number of nitrogens with one attached hydrogen (secondary N) is 1. The first-order chi connectivity index (χ1) is 7.81. The summed E-state index contributed by atoms with van der Waals surface area (Å²) in [7, 11) is 0. The van der Waals surface area contributed by atoms with Crippen LogP contribution < -0.4 is 5.32 Å². The quantitative estimate of drug-likeness (QED) is 0.741. The van der Waals surface area contributed by atoms with Crippen LogP contribution in [0.15, 0.2) is 24.3 Å². The maximum atomic E-state index is 5.30. The molecular weight excluding hydrogens is 194 g/mol. The predicted molar refractivity (Wildman–Crippen MR) is 68.2 cm³/mol. The van der Waals surface area contributed by atoms with E-state index >= 15 is 0 Å². The first-order valence-electron chi connectivity index (χ1n) is 6.06. The van der Waals surface area contributed by atoms with Gasteiger partial charge in [0.2, 0.25) is 0 Å². The number of rotatable bonds is 5. The maximum Gasteiger partial charge on any atom is 0.0238 e. The van der Waals surface area contributed by atoms with Crippen molar-refractivity contribution in [1.82, 2.24) is 5.32 Å². The van der Waals surface area contributed by atoms with E-state index in [9.17, 15) is 0 Å². The van der Waals surface area contributed by atoms with Gasteiger partial charge in [-0.2, -0.15) is 0 Å². The summed E-state index contributed by atoms with van der Waals surface area (Å²) in [4.78, 5) is 0. The Labute approximate surface area is 98.3 Å². The van der Waals surface area contributed by atoms with Crippen LogP contribution in [-0.2, 0) is 6.54 Å². The zero-order chi connectivity index (χ0) is 11.4. The minimum Gasteiger partial charge on any atom is -0.309 e. The summed E-state index contributed by atoms with van der Waals surface area (Å²) in [6, 6.07) is 9.15. The van der Waals surface area contributed by atoms with Gasteiger partial charge in [0.25, 0.3) is 0 Å². The highest BCUT2D eigenvalue weighted by Gasteiger charge is 2.25. The molecule has 1 N–H and O–H groups in total. The van der Waals surface area contributed by atoms with Crippen molar-refractivity contribution >= 4 is 0 Å². The molecule has 0 aromatic heterocycles. The molecule has 2 rings (SSSR count). The third-order valence-electron chi connectivity index (χ3n) is 3.14. The van der Waals surface area contributed by atoms with Crippen molar-refractivity contribution in [3.8, 4) is 12.3 Å². The van der Waals surface area contributed by atoms with E-state index in [4.69, 9.17) is 6.42 Å². The lowest BCUT2D eigenvalue weighted by Gasteiger charge is -2.13. The number of benzene rings is 1. The Kier molecular flexibility index (Phi) is 3.64. The van der Waals surface area contributed by atoms with Crippen molar-refractivity contribution in [3.05, 3.63) is 35.4 Å². The molecule has 84 valence electrons. The lowest BCUT2D eigenvalue weighted by Crippen LogP contribution is -2.25. The Hall–Kier alpha value is -1.26. The Balaban J connectivity index is 1.96. The van der Waals surface area contributed by atoms with Gasteiger partial charge in [0.15, 0.2) is 0 Å². The van der Waals surface area contributed by atoms with Crippen LogP contribution in [0.1, 0.15) is 43.2 Å². The summed E-state index contributed by atoms with van der Waals surface area (Å²) >= 11 is 0. The van der Waals surface area contributed by atoms with E-state index in [1.54, 1.807) is 0 Å². The second-order valence-electron chi connectivity index (χ2n) is 4.66. The molecule has 16 heavy (non-hydrogen) atoms. The second-order valence-corrected chi connectivity index (χ2v) is 4.66. The van der Waals surface area contributed by atoms with Gasteiger partial charge in [-0.3, -0.25) is 0 Å².